The molecule has 2 aromatic rings. The maximum Gasteiger partial charge on any atom is 0.274 e. The van der Waals surface area contributed by atoms with Gasteiger partial charge in [-0.3, -0.25) is 9.48 Å². The van der Waals surface area contributed by atoms with Crippen LogP contribution in [-0.2, 0) is 25.9 Å². The third kappa shape index (κ3) is 3.30. The molecule has 6 heteroatoms. The Morgan fingerprint density at radius 3 is 2.85 bits per heavy atom. The summed E-state index contributed by atoms with van der Waals surface area (Å²) >= 11 is 0. The van der Waals surface area contributed by atoms with E-state index in [1.54, 1.807) is 0 Å². The van der Waals surface area contributed by atoms with Crippen LogP contribution >= 0.6 is 0 Å². The van der Waals surface area contributed by atoms with Gasteiger partial charge in [0.1, 0.15) is 11.5 Å². The van der Waals surface area contributed by atoms with Crippen molar-refractivity contribution in [2.75, 3.05) is 13.1 Å². The van der Waals surface area contributed by atoms with Gasteiger partial charge in [-0.1, -0.05) is 0 Å². The molecule has 0 spiro atoms. The highest BCUT2D eigenvalue weighted by atomic mass is 16.3. The lowest BCUT2D eigenvalue weighted by Gasteiger charge is -2.24. The molecule has 0 aromatic carbocycles. The number of nitrogens with zero attached hydrogens (tertiary/aromatic N) is 3. The molecule has 140 valence electrons. The number of furan rings is 1. The first kappa shape index (κ1) is 17.3. The monoisotopic (exact) mass is 356 g/mol. The molecule has 2 aromatic heterocycles. The number of carbonyl (C=O) groups is 1. The number of aromatic nitrogens is 2. The molecule has 0 radical (unpaired) electrons. The van der Waals surface area contributed by atoms with Gasteiger partial charge in [-0.25, -0.2) is 0 Å². The van der Waals surface area contributed by atoms with Gasteiger partial charge in [0.05, 0.1) is 6.54 Å². The maximum absolute atomic E-state index is 13.0. The Kier molecular flexibility index (Phi) is 4.85. The number of likely N-dealkylation sites (tertiary alicyclic amines) is 1. The molecule has 0 bridgehead atoms. The van der Waals surface area contributed by atoms with Crippen LogP contribution in [0.2, 0.25) is 0 Å². The summed E-state index contributed by atoms with van der Waals surface area (Å²) < 4.78 is 7.69. The molecule has 3 heterocycles. The summed E-state index contributed by atoms with van der Waals surface area (Å²) in [7, 11) is 0. The third-order valence-corrected chi connectivity index (χ3v) is 5.60. The van der Waals surface area contributed by atoms with Crippen molar-refractivity contribution in [1.29, 1.82) is 0 Å². The first-order valence-electron chi connectivity index (χ1n) is 9.82. The summed E-state index contributed by atoms with van der Waals surface area (Å²) in [6.45, 7) is 7.34. The highest BCUT2D eigenvalue weighted by Crippen LogP contribution is 2.27. The Bertz CT molecular complexity index is 786. The average molecular weight is 356 g/mol. The highest BCUT2D eigenvalue weighted by molar-refractivity contribution is 5.94. The van der Waals surface area contributed by atoms with E-state index in [0.717, 1.165) is 75.4 Å². The first-order chi connectivity index (χ1) is 12.7. The van der Waals surface area contributed by atoms with Crippen molar-refractivity contribution >= 4 is 5.91 Å². The lowest BCUT2D eigenvalue weighted by molar-refractivity contribution is 0.0785. The minimum absolute atomic E-state index is 0.119. The van der Waals surface area contributed by atoms with E-state index in [1.165, 1.54) is 5.69 Å². The third-order valence-electron chi connectivity index (χ3n) is 5.60. The van der Waals surface area contributed by atoms with Crippen molar-refractivity contribution in [3.05, 3.63) is 40.6 Å². The van der Waals surface area contributed by atoms with Gasteiger partial charge in [0.25, 0.3) is 5.91 Å². The van der Waals surface area contributed by atoms with E-state index in [1.807, 2.05) is 28.6 Å². The maximum atomic E-state index is 13.0. The minimum atomic E-state index is 0.119. The van der Waals surface area contributed by atoms with Crippen molar-refractivity contribution in [1.82, 2.24) is 20.0 Å². The Labute approximate surface area is 154 Å². The van der Waals surface area contributed by atoms with Gasteiger partial charge in [-0.2, -0.15) is 5.10 Å². The fraction of sp³-hybridized carbons (Fsp3) is 0.600. The molecule has 26 heavy (non-hydrogen) atoms. The molecule has 4 rings (SSSR count). The summed E-state index contributed by atoms with van der Waals surface area (Å²) in [4.78, 5) is 14.9. The summed E-state index contributed by atoms with van der Waals surface area (Å²) in [5, 5.41) is 8.29. The van der Waals surface area contributed by atoms with E-state index in [9.17, 15) is 4.79 Å². The Hall–Kier alpha value is -2.08. The number of hydrogen-bond donors (Lipinski definition) is 1. The summed E-state index contributed by atoms with van der Waals surface area (Å²) in [6.07, 6.45) is 5.11. The van der Waals surface area contributed by atoms with Crippen LogP contribution in [-0.4, -0.2) is 39.7 Å². The molecule has 1 aliphatic carbocycles. The van der Waals surface area contributed by atoms with Gasteiger partial charge in [-0.05, 0) is 58.1 Å². The number of nitrogens with one attached hydrogen (secondary N) is 1. The van der Waals surface area contributed by atoms with Gasteiger partial charge < -0.3 is 14.6 Å². The van der Waals surface area contributed by atoms with Crippen molar-refractivity contribution < 1.29 is 9.21 Å². The molecule has 1 amide bonds. The lowest BCUT2D eigenvalue weighted by Crippen LogP contribution is -2.35. The number of fused-ring (bicyclic) bond motifs is 1. The zero-order valence-electron chi connectivity index (χ0n) is 15.8. The van der Waals surface area contributed by atoms with Gasteiger partial charge in [0.2, 0.25) is 0 Å². The summed E-state index contributed by atoms with van der Waals surface area (Å²) in [5.74, 6) is 2.02. The van der Waals surface area contributed by atoms with Crippen molar-refractivity contribution in [2.24, 2.45) is 0 Å². The number of rotatable bonds is 5. The van der Waals surface area contributed by atoms with Gasteiger partial charge >= 0.3 is 0 Å². The second-order valence-electron chi connectivity index (χ2n) is 7.42. The molecular weight excluding hydrogens is 328 g/mol. The second kappa shape index (κ2) is 7.27. The smallest absolute Gasteiger partial charge is 0.274 e. The van der Waals surface area contributed by atoms with Crippen molar-refractivity contribution in [3.63, 3.8) is 0 Å². The normalized spacial score (nSPS) is 19.8. The van der Waals surface area contributed by atoms with Crippen LogP contribution in [0.5, 0.6) is 0 Å². The number of amides is 1. The fourth-order valence-electron chi connectivity index (χ4n) is 4.19. The zero-order valence-corrected chi connectivity index (χ0v) is 15.8. The predicted molar refractivity (Wildman–Crippen MR) is 99.1 cm³/mol. The fourth-order valence-corrected chi connectivity index (χ4v) is 4.19. The van der Waals surface area contributed by atoms with E-state index in [-0.39, 0.29) is 5.91 Å². The van der Waals surface area contributed by atoms with Gasteiger partial charge in [-0.15, -0.1) is 0 Å². The zero-order chi connectivity index (χ0) is 18.1. The molecule has 0 unspecified atom stereocenters. The Morgan fingerprint density at radius 1 is 1.35 bits per heavy atom. The molecule has 1 N–H and O–H groups in total. The van der Waals surface area contributed by atoms with Crippen molar-refractivity contribution in [3.8, 4) is 0 Å². The molecule has 6 nitrogen and oxygen atoms in total. The van der Waals surface area contributed by atoms with Crippen LogP contribution < -0.4 is 5.32 Å². The van der Waals surface area contributed by atoms with Crippen LogP contribution in [0.1, 0.15) is 59.5 Å². The standard InChI is InChI=1S/C20H28N4O2/c1-3-24-18-9-7-15(21-13-16-8-6-14(2)26-16)12-17(18)19(22-24)20(25)23-10-4-5-11-23/h6,8,15,21H,3-5,7,9-13H2,1-2H3/t15-/m0/s1. The largest absolute Gasteiger partial charge is 0.465 e. The molecule has 1 atom stereocenters. The SMILES string of the molecule is CCn1nc(C(=O)N2CCCC2)c2c1CC[C@H](NCc1ccc(C)o1)C2. The van der Waals surface area contributed by atoms with E-state index < -0.39 is 0 Å². The number of carbonyl (C=O) groups excluding carboxylic acids is 1. The number of hydrogen-bond acceptors (Lipinski definition) is 4. The highest BCUT2D eigenvalue weighted by Gasteiger charge is 2.31. The summed E-state index contributed by atoms with van der Waals surface area (Å²) in [6, 6.07) is 4.37. The molecular formula is C20H28N4O2. The van der Waals surface area contributed by atoms with Crippen LogP contribution in [0.15, 0.2) is 16.5 Å². The van der Waals surface area contributed by atoms with Gasteiger partial charge in [0.15, 0.2) is 5.69 Å². The average Bonchev–Trinajstić information content (AvgIpc) is 3.39. The van der Waals surface area contributed by atoms with E-state index in [4.69, 9.17) is 9.52 Å². The predicted octanol–water partition coefficient (Wildman–Crippen LogP) is 2.69. The van der Waals surface area contributed by atoms with Crippen LogP contribution in [0, 0.1) is 6.92 Å². The Morgan fingerprint density at radius 2 is 2.15 bits per heavy atom. The first-order valence-corrected chi connectivity index (χ1v) is 9.82. The minimum Gasteiger partial charge on any atom is -0.465 e. The van der Waals surface area contributed by atoms with E-state index >= 15 is 0 Å². The Balaban J connectivity index is 1.50. The van der Waals surface area contributed by atoms with Gasteiger partial charge in [0, 0.05) is 36.9 Å². The second-order valence-corrected chi connectivity index (χ2v) is 7.42. The lowest BCUT2D eigenvalue weighted by atomic mass is 9.91. The summed E-state index contributed by atoms with van der Waals surface area (Å²) in [5.41, 5.74) is 3.09. The van der Waals surface area contributed by atoms with Crippen LogP contribution in [0.4, 0.5) is 0 Å². The quantitative estimate of drug-likeness (QED) is 0.895. The molecule has 0 saturated carbocycles. The molecule has 1 saturated heterocycles. The molecule has 2 aliphatic rings. The topological polar surface area (TPSA) is 63.3 Å². The van der Waals surface area contributed by atoms with Crippen LogP contribution in [0.3, 0.4) is 0 Å². The molecule has 1 fully saturated rings. The molecule has 1 aliphatic heterocycles. The number of aryl methyl sites for hydroxylation is 2. The van der Waals surface area contributed by atoms with Crippen molar-refractivity contribution in [2.45, 2.75) is 65.1 Å². The van der Waals surface area contributed by atoms with E-state index in [0.29, 0.717) is 11.7 Å². The van der Waals surface area contributed by atoms with Crippen LogP contribution in [0.25, 0.3) is 0 Å². The van der Waals surface area contributed by atoms with E-state index in [2.05, 4.69) is 12.2 Å².